The van der Waals surface area contributed by atoms with Crippen molar-refractivity contribution in [2.24, 2.45) is 11.5 Å². The number of nitrogens with two attached hydrogens (primary N) is 4. The summed E-state index contributed by atoms with van der Waals surface area (Å²) in [5, 5.41) is 1.35. The molecule has 0 atom stereocenters. The minimum atomic E-state index is 0.676. The van der Waals surface area contributed by atoms with Crippen LogP contribution in [0.15, 0.2) is 79.5 Å². The van der Waals surface area contributed by atoms with Crippen LogP contribution < -0.4 is 22.9 Å². The molecule has 126 valence electrons. The first kappa shape index (κ1) is 18.2. The Morgan fingerprint density at radius 3 is 1.33 bits per heavy atom. The first-order valence-corrected chi connectivity index (χ1v) is 9.01. The lowest BCUT2D eigenvalue weighted by Crippen LogP contribution is -2.04. The number of hydrogen-bond donors (Lipinski definition) is 4. The molecule has 0 aliphatic heterocycles. The number of nitrogen functional groups attached to an aromatic ring is 2. The lowest BCUT2D eigenvalue weighted by atomic mass is 10.2. The normalized spacial score (nSPS) is 13.2. The zero-order valence-corrected chi connectivity index (χ0v) is 15.4. The molecule has 0 amide bonds. The van der Waals surface area contributed by atoms with Gasteiger partial charge in [-0.1, -0.05) is 47.8 Å². The van der Waals surface area contributed by atoms with Gasteiger partial charge < -0.3 is 22.9 Å². The van der Waals surface area contributed by atoms with E-state index in [9.17, 15) is 0 Å². The van der Waals surface area contributed by atoms with Gasteiger partial charge in [-0.15, -0.1) is 0 Å². The highest BCUT2D eigenvalue weighted by molar-refractivity contribution is 8.03. The lowest BCUT2D eigenvalue weighted by molar-refractivity contribution is 1.25. The molecule has 2 rings (SSSR count). The fraction of sp³-hybridized carbons (Fsp3) is 0.111. The fourth-order valence-corrected chi connectivity index (χ4v) is 3.66. The summed E-state index contributed by atoms with van der Waals surface area (Å²) >= 11 is 2.88. The van der Waals surface area contributed by atoms with Gasteiger partial charge in [0.15, 0.2) is 0 Å². The molecule has 0 unspecified atom stereocenters. The number of thioether (sulfide) groups is 2. The molecular formula is C18H22N4S2. The summed E-state index contributed by atoms with van der Waals surface area (Å²) in [7, 11) is 0. The number of hydrogen-bond acceptors (Lipinski definition) is 6. The first-order valence-electron chi connectivity index (χ1n) is 7.38. The molecule has 0 aliphatic carbocycles. The van der Waals surface area contributed by atoms with Crippen LogP contribution in [-0.2, 0) is 0 Å². The van der Waals surface area contributed by atoms with Gasteiger partial charge in [-0.05, 0) is 49.3 Å². The Hall–Kier alpha value is -2.18. The van der Waals surface area contributed by atoms with Crippen LogP contribution >= 0.6 is 23.5 Å². The third-order valence-corrected chi connectivity index (χ3v) is 5.82. The molecule has 24 heavy (non-hydrogen) atoms. The molecule has 2 aromatic rings. The summed E-state index contributed by atoms with van der Waals surface area (Å²) in [5.74, 6) is 0. The van der Waals surface area contributed by atoms with Crippen molar-refractivity contribution in [1.29, 1.82) is 0 Å². The molecule has 0 saturated carbocycles. The van der Waals surface area contributed by atoms with Gasteiger partial charge in [-0.3, -0.25) is 0 Å². The zero-order valence-electron chi connectivity index (χ0n) is 13.7. The summed E-state index contributed by atoms with van der Waals surface area (Å²) in [6.45, 7) is 3.91. The molecule has 2 aromatic carbocycles. The van der Waals surface area contributed by atoms with E-state index < -0.39 is 0 Å². The Morgan fingerprint density at radius 1 is 0.667 bits per heavy atom. The summed E-state index contributed by atoms with van der Waals surface area (Å²) in [4.78, 5) is 1.86. The van der Waals surface area contributed by atoms with Gasteiger partial charge in [0.2, 0.25) is 0 Å². The number of rotatable bonds is 5. The Bertz CT molecular complexity index is 730. The molecular weight excluding hydrogens is 336 g/mol. The van der Waals surface area contributed by atoms with E-state index >= 15 is 0 Å². The van der Waals surface area contributed by atoms with Crippen molar-refractivity contribution in [2.75, 3.05) is 11.5 Å². The average molecular weight is 359 g/mol. The van der Waals surface area contributed by atoms with E-state index in [-0.39, 0.29) is 0 Å². The SMILES string of the molecule is CC(=C(/N)Sc1ccccc1N)/C(C)=C(\N)Sc1ccccc1N. The fourth-order valence-electron chi connectivity index (χ4n) is 1.91. The van der Waals surface area contributed by atoms with E-state index in [1.807, 2.05) is 62.4 Å². The predicted octanol–water partition coefficient (Wildman–Crippen LogP) is 4.12. The number of allylic oxidation sites excluding steroid dienone is 2. The standard InChI is InChI=1S/C18H22N4S2/c1-11(17(21)23-15-9-5-3-7-13(15)19)12(2)18(22)24-16-10-6-4-8-14(16)20/h3-10H,19-22H2,1-2H3/b17-11+,18-12+. The van der Waals surface area contributed by atoms with Gasteiger partial charge in [0, 0.05) is 21.2 Å². The molecule has 0 aromatic heterocycles. The predicted molar refractivity (Wildman–Crippen MR) is 107 cm³/mol. The topological polar surface area (TPSA) is 104 Å². The molecule has 0 radical (unpaired) electrons. The Labute approximate surface area is 151 Å². The van der Waals surface area contributed by atoms with E-state index in [4.69, 9.17) is 22.9 Å². The maximum Gasteiger partial charge on any atom is 0.0737 e. The van der Waals surface area contributed by atoms with Gasteiger partial charge in [0.25, 0.3) is 0 Å². The second kappa shape index (κ2) is 8.08. The van der Waals surface area contributed by atoms with Crippen LogP contribution in [0, 0.1) is 0 Å². The molecule has 0 saturated heterocycles. The van der Waals surface area contributed by atoms with Crippen LogP contribution in [0.1, 0.15) is 13.8 Å². The van der Waals surface area contributed by atoms with Crippen molar-refractivity contribution in [3.05, 3.63) is 69.7 Å². The van der Waals surface area contributed by atoms with E-state index in [1.165, 1.54) is 23.5 Å². The number of benzene rings is 2. The van der Waals surface area contributed by atoms with Crippen molar-refractivity contribution >= 4 is 34.9 Å². The molecule has 0 fully saturated rings. The maximum absolute atomic E-state index is 6.24. The maximum atomic E-state index is 6.24. The first-order chi connectivity index (χ1) is 11.4. The van der Waals surface area contributed by atoms with E-state index in [2.05, 4.69) is 0 Å². The number of anilines is 2. The third-order valence-electron chi connectivity index (χ3n) is 3.58. The summed E-state index contributed by atoms with van der Waals surface area (Å²) in [6, 6.07) is 15.3. The largest absolute Gasteiger partial charge is 0.398 e. The van der Waals surface area contributed by atoms with Gasteiger partial charge in [0.1, 0.15) is 0 Å². The van der Waals surface area contributed by atoms with Gasteiger partial charge in [-0.25, -0.2) is 0 Å². The minimum absolute atomic E-state index is 0.676. The van der Waals surface area contributed by atoms with Crippen molar-refractivity contribution in [1.82, 2.24) is 0 Å². The summed E-state index contributed by atoms with van der Waals surface area (Å²) in [5.41, 5.74) is 27.7. The quantitative estimate of drug-likeness (QED) is 0.364. The van der Waals surface area contributed by atoms with Gasteiger partial charge >= 0.3 is 0 Å². The molecule has 0 heterocycles. The smallest absolute Gasteiger partial charge is 0.0737 e. The summed E-state index contributed by atoms with van der Waals surface area (Å²) < 4.78 is 0. The van der Waals surface area contributed by atoms with Crippen LogP contribution in [0.3, 0.4) is 0 Å². The molecule has 0 bridgehead atoms. The van der Waals surface area contributed by atoms with E-state index in [1.54, 1.807) is 0 Å². The molecule has 0 aliphatic rings. The second-order valence-corrected chi connectivity index (χ2v) is 7.43. The Morgan fingerprint density at radius 2 is 1.00 bits per heavy atom. The van der Waals surface area contributed by atoms with Crippen molar-refractivity contribution < 1.29 is 0 Å². The molecule has 8 N–H and O–H groups in total. The Kier molecular flexibility index (Phi) is 6.11. The number of para-hydroxylation sites is 2. The molecule has 4 nitrogen and oxygen atoms in total. The molecule has 6 heteroatoms. The highest BCUT2D eigenvalue weighted by atomic mass is 32.2. The van der Waals surface area contributed by atoms with Crippen LogP contribution in [0.4, 0.5) is 11.4 Å². The van der Waals surface area contributed by atoms with Gasteiger partial charge in [-0.2, -0.15) is 0 Å². The average Bonchev–Trinajstić information content (AvgIpc) is 2.57. The highest BCUT2D eigenvalue weighted by Gasteiger charge is 2.10. The van der Waals surface area contributed by atoms with Crippen molar-refractivity contribution in [3.8, 4) is 0 Å². The van der Waals surface area contributed by atoms with Crippen LogP contribution in [0.25, 0.3) is 0 Å². The molecule has 0 spiro atoms. The van der Waals surface area contributed by atoms with Crippen molar-refractivity contribution in [3.63, 3.8) is 0 Å². The van der Waals surface area contributed by atoms with Crippen LogP contribution in [-0.4, -0.2) is 0 Å². The Balaban J connectivity index is 2.24. The minimum Gasteiger partial charge on any atom is -0.398 e. The van der Waals surface area contributed by atoms with Crippen LogP contribution in [0.2, 0.25) is 0 Å². The van der Waals surface area contributed by atoms with Gasteiger partial charge in [0.05, 0.1) is 10.1 Å². The second-order valence-electron chi connectivity index (χ2n) is 5.26. The highest BCUT2D eigenvalue weighted by Crippen LogP contribution is 2.35. The van der Waals surface area contributed by atoms with E-state index in [0.717, 1.165) is 20.9 Å². The lowest BCUT2D eigenvalue weighted by Gasteiger charge is -2.13. The summed E-state index contributed by atoms with van der Waals surface area (Å²) in [6.07, 6.45) is 0. The zero-order chi connectivity index (χ0) is 17.7. The van der Waals surface area contributed by atoms with Crippen molar-refractivity contribution in [2.45, 2.75) is 23.6 Å². The monoisotopic (exact) mass is 358 g/mol. The third kappa shape index (κ3) is 4.43. The van der Waals surface area contributed by atoms with E-state index in [0.29, 0.717) is 21.4 Å². The van der Waals surface area contributed by atoms with Crippen LogP contribution in [0.5, 0.6) is 0 Å².